The molecule has 2 rings (SSSR count). The number of hydrogen-bond donors (Lipinski definition) is 2. The minimum atomic E-state index is -0.273. The number of rotatable bonds is 5. The van der Waals surface area contributed by atoms with Gasteiger partial charge in [-0.25, -0.2) is 15.0 Å². The lowest BCUT2D eigenvalue weighted by Gasteiger charge is -2.15. The van der Waals surface area contributed by atoms with Gasteiger partial charge in [-0.3, -0.25) is 0 Å². The summed E-state index contributed by atoms with van der Waals surface area (Å²) in [5.74, 6) is 1.18. The third-order valence-corrected chi connectivity index (χ3v) is 2.77. The molecule has 96 valence electrons. The van der Waals surface area contributed by atoms with Crippen LogP contribution >= 0.6 is 0 Å². The Balaban J connectivity index is 2.08. The van der Waals surface area contributed by atoms with Crippen LogP contribution in [0.3, 0.4) is 0 Å². The average molecular weight is 246 g/mol. The lowest BCUT2D eigenvalue weighted by atomic mass is 10.0. The summed E-state index contributed by atoms with van der Waals surface area (Å²) in [6, 6.07) is 3.82. The number of pyridine rings is 1. The molecule has 2 atom stereocenters. The average Bonchev–Trinajstić information content (AvgIpc) is 2.35. The molecule has 0 amide bonds. The quantitative estimate of drug-likeness (QED) is 0.842. The van der Waals surface area contributed by atoms with E-state index in [2.05, 4.69) is 27.2 Å². The van der Waals surface area contributed by atoms with E-state index < -0.39 is 0 Å². The van der Waals surface area contributed by atoms with Crippen molar-refractivity contribution in [2.45, 2.75) is 26.4 Å². The maximum Gasteiger partial charge on any atom is 0.164 e. The largest absolute Gasteiger partial charge is 0.393 e. The fourth-order valence-corrected chi connectivity index (χ4v) is 1.97. The minimum Gasteiger partial charge on any atom is -0.393 e. The summed E-state index contributed by atoms with van der Waals surface area (Å²) >= 11 is 0. The number of nitrogens with one attached hydrogen (secondary N) is 1. The van der Waals surface area contributed by atoms with E-state index in [1.807, 2.05) is 12.1 Å². The Morgan fingerprint density at radius 3 is 2.89 bits per heavy atom. The van der Waals surface area contributed by atoms with Crippen LogP contribution in [0, 0.1) is 5.92 Å². The zero-order valence-electron chi connectivity index (χ0n) is 10.7. The Bertz CT molecular complexity index is 510. The molecule has 0 bridgehead atoms. The summed E-state index contributed by atoms with van der Waals surface area (Å²) in [6.45, 7) is 4.67. The van der Waals surface area contributed by atoms with Gasteiger partial charge in [0.1, 0.15) is 12.1 Å². The van der Waals surface area contributed by atoms with Gasteiger partial charge in [0, 0.05) is 12.7 Å². The maximum absolute atomic E-state index is 9.33. The van der Waals surface area contributed by atoms with Crippen LogP contribution in [0.5, 0.6) is 0 Å². The van der Waals surface area contributed by atoms with Gasteiger partial charge >= 0.3 is 0 Å². The highest BCUT2D eigenvalue weighted by Crippen LogP contribution is 2.17. The lowest BCUT2D eigenvalue weighted by Crippen LogP contribution is -2.17. The van der Waals surface area contributed by atoms with E-state index in [1.54, 1.807) is 13.1 Å². The van der Waals surface area contributed by atoms with Gasteiger partial charge in [-0.1, -0.05) is 6.92 Å². The molecule has 2 N–H and O–H groups in total. The predicted octanol–water partition coefficient (Wildman–Crippen LogP) is 1.84. The van der Waals surface area contributed by atoms with Crippen LogP contribution in [0.15, 0.2) is 24.7 Å². The molecule has 0 aliphatic carbocycles. The Morgan fingerprint density at radius 1 is 1.28 bits per heavy atom. The highest BCUT2D eigenvalue weighted by Gasteiger charge is 2.08. The van der Waals surface area contributed by atoms with Crippen LogP contribution in [-0.2, 0) is 0 Å². The van der Waals surface area contributed by atoms with Crippen LogP contribution in [0.25, 0.3) is 11.0 Å². The van der Waals surface area contributed by atoms with Crippen LogP contribution in [0.2, 0.25) is 0 Å². The first-order valence-electron chi connectivity index (χ1n) is 6.14. The summed E-state index contributed by atoms with van der Waals surface area (Å²) in [4.78, 5) is 12.5. The fourth-order valence-electron chi connectivity index (χ4n) is 1.97. The Hall–Kier alpha value is -1.75. The molecule has 2 heterocycles. The van der Waals surface area contributed by atoms with Gasteiger partial charge in [0.2, 0.25) is 0 Å². The number of aromatic nitrogens is 3. The molecular weight excluding hydrogens is 228 g/mol. The van der Waals surface area contributed by atoms with Crippen molar-refractivity contribution in [2.75, 3.05) is 11.9 Å². The molecular formula is C13H18N4O. The molecule has 0 fully saturated rings. The van der Waals surface area contributed by atoms with Gasteiger partial charge in [-0.2, -0.15) is 0 Å². The van der Waals surface area contributed by atoms with E-state index in [4.69, 9.17) is 0 Å². The van der Waals surface area contributed by atoms with Crippen LogP contribution in [-0.4, -0.2) is 32.7 Å². The number of aliphatic hydroxyl groups is 1. The summed E-state index contributed by atoms with van der Waals surface area (Å²) < 4.78 is 0. The smallest absolute Gasteiger partial charge is 0.164 e. The van der Waals surface area contributed by atoms with Crippen molar-refractivity contribution in [3.63, 3.8) is 0 Å². The standard InChI is InChI=1S/C13H18N4O/c1-9(6-10(2)18)7-15-13-11-4-3-5-14-12(11)16-8-17-13/h3-5,8-10,18H,6-7H2,1-2H3,(H,14,15,16,17). The normalized spacial score (nSPS) is 14.4. The molecule has 0 spiro atoms. The second-order valence-corrected chi connectivity index (χ2v) is 4.67. The van der Waals surface area contributed by atoms with Crippen molar-refractivity contribution in [1.82, 2.24) is 15.0 Å². The summed E-state index contributed by atoms with van der Waals surface area (Å²) in [5.41, 5.74) is 0.693. The van der Waals surface area contributed by atoms with Gasteiger partial charge in [0.15, 0.2) is 5.65 Å². The third kappa shape index (κ3) is 3.13. The molecule has 2 aromatic rings. The summed E-state index contributed by atoms with van der Waals surface area (Å²) in [7, 11) is 0. The monoisotopic (exact) mass is 246 g/mol. The third-order valence-electron chi connectivity index (χ3n) is 2.77. The Morgan fingerprint density at radius 2 is 2.11 bits per heavy atom. The number of nitrogens with zero attached hydrogens (tertiary/aromatic N) is 3. The Kier molecular flexibility index (Phi) is 4.04. The van der Waals surface area contributed by atoms with Crippen molar-refractivity contribution >= 4 is 16.9 Å². The summed E-state index contributed by atoms with van der Waals surface area (Å²) in [6.07, 6.45) is 3.73. The molecule has 0 saturated carbocycles. The van der Waals surface area contributed by atoms with E-state index in [0.29, 0.717) is 11.6 Å². The molecule has 5 heteroatoms. The number of aliphatic hydroxyl groups excluding tert-OH is 1. The van der Waals surface area contributed by atoms with Crippen molar-refractivity contribution in [3.8, 4) is 0 Å². The van der Waals surface area contributed by atoms with Crippen LogP contribution < -0.4 is 5.32 Å². The van der Waals surface area contributed by atoms with Gasteiger partial charge in [-0.15, -0.1) is 0 Å². The van der Waals surface area contributed by atoms with Crippen LogP contribution in [0.4, 0.5) is 5.82 Å². The van der Waals surface area contributed by atoms with E-state index in [-0.39, 0.29) is 6.10 Å². The molecule has 0 saturated heterocycles. The number of anilines is 1. The maximum atomic E-state index is 9.33. The molecule has 0 radical (unpaired) electrons. The predicted molar refractivity (Wildman–Crippen MR) is 71.3 cm³/mol. The highest BCUT2D eigenvalue weighted by molar-refractivity contribution is 5.85. The molecule has 2 aromatic heterocycles. The fraction of sp³-hybridized carbons (Fsp3) is 0.462. The zero-order valence-corrected chi connectivity index (χ0v) is 10.7. The topological polar surface area (TPSA) is 70.9 Å². The molecule has 0 aliphatic rings. The summed E-state index contributed by atoms with van der Waals surface area (Å²) in [5, 5.41) is 13.5. The van der Waals surface area contributed by atoms with E-state index >= 15 is 0 Å². The minimum absolute atomic E-state index is 0.273. The first kappa shape index (κ1) is 12.7. The van der Waals surface area contributed by atoms with E-state index in [9.17, 15) is 5.11 Å². The molecule has 18 heavy (non-hydrogen) atoms. The molecule has 2 unspecified atom stereocenters. The van der Waals surface area contributed by atoms with E-state index in [0.717, 1.165) is 24.2 Å². The van der Waals surface area contributed by atoms with Crippen LogP contribution in [0.1, 0.15) is 20.3 Å². The highest BCUT2D eigenvalue weighted by atomic mass is 16.3. The second kappa shape index (κ2) is 5.73. The second-order valence-electron chi connectivity index (χ2n) is 4.67. The lowest BCUT2D eigenvalue weighted by molar-refractivity contribution is 0.166. The first-order valence-corrected chi connectivity index (χ1v) is 6.14. The van der Waals surface area contributed by atoms with Gasteiger partial charge in [0.05, 0.1) is 11.5 Å². The van der Waals surface area contributed by atoms with Gasteiger partial charge < -0.3 is 10.4 Å². The molecule has 5 nitrogen and oxygen atoms in total. The van der Waals surface area contributed by atoms with E-state index in [1.165, 1.54) is 6.33 Å². The van der Waals surface area contributed by atoms with Gasteiger partial charge in [-0.05, 0) is 31.4 Å². The molecule has 0 aromatic carbocycles. The van der Waals surface area contributed by atoms with Crippen molar-refractivity contribution < 1.29 is 5.11 Å². The van der Waals surface area contributed by atoms with Crippen molar-refractivity contribution in [1.29, 1.82) is 0 Å². The zero-order chi connectivity index (χ0) is 13.0. The van der Waals surface area contributed by atoms with Gasteiger partial charge in [0.25, 0.3) is 0 Å². The SMILES string of the molecule is CC(O)CC(C)CNc1ncnc2ncccc12. The Labute approximate surface area is 106 Å². The van der Waals surface area contributed by atoms with Crippen molar-refractivity contribution in [2.24, 2.45) is 5.92 Å². The first-order chi connectivity index (χ1) is 8.66. The number of fused-ring (bicyclic) bond motifs is 1. The van der Waals surface area contributed by atoms with Crippen molar-refractivity contribution in [3.05, 3.63) is 24.7 Å². The molecule has 0 aliphatic heterocycles. The number of hydrogen-bond acceptors (Lipinski definition) is 5.